The molecular weight excluding hydrogens is 408 g/mol. The standard InChI is InChI=1S/C24H26N4O4/c1-5-31-23(29)25-28(24(30)32-6-2)22-21(17-12-8-10-14-20(17)27(22)4)18-15-26(3)19-13-9-7-11-16(18)19/h7-15H,5-6H2,1-4H3,(H,25,29). The van der Waals surface area contributed by atoms with Crippen molar-refractivity contribution in [1.82, 2.24) is 14.6 Å². The Hall–Kier alpha value is -3.94. The number of para-hydroxylation sites is 2. The lowest BCUT2D eigenvalue weighted by atomic mass is 10.0. The molecule has 166 valence electrons. The van der Waals surface area contributed by atoms with Crippen molar-refractivity contribution < 1.29 is 19.1 Å². The van der Waals surface area contributed by atoms with E-state index in [1.165, 1.54) is 0 Å². The van der Waals surface area contributed by atoms with Crippen LogP contribution in [0.2, 0.25) is 0 Å². The fourth-order valence-corrected chi connectivity index (χ4v) is 4.08. The van der Waals surface area contributed by atoms with Crippen LogP contribution in [0.25, 0.3) is 32.9 Å². The molecule has 0 spiro atoms. The van der Waals surface area contributed by atoms with Gasteiger partial charge in [0.25, 0.3) is 0 Å². The number of aromatic nitrogens is 2. The van der Waals surface area contributed by atoms with Gasteiger partial charge in [-0.1, -0.05) is 36.4 Å². The maximum atomic E-state index is 13.0. The summed E-state index contributed by atoms with van der Waals surface area (Å²) in [6, 6.07) is 15.9. The second-order valence-electron chi connectivity index (χ2n) is 7.31. The average Bonchev–Trinajstić information content (AvgIpc) is 3.27. The number of nitrogens with one attached hydrogen (secondary N) is 1. The van der Waals surface area contributed by atoms with Crippen LogP contribution in [0.15, 0.2) is 54.7 Å². The Morgan fingerprint density at radius 1 is 0.906 bits per heavy atom. The first-order valence-corrected chi connectivity index (χ1v) is 10.5. The van der Waals surface area contributed by atoms with Gasteiger partial charge in [0, 0.05) is 47.7 Å². The van der Waals surface area contributed by atoms with Gasteiger partial charge in [-0.05, 0) is 26.0 Å². The van der Waals surface area contributed by atoms with E-state index in [1.807, 2.05) is 78.0 Å². The number of hydrogen-bond donors (Lipinski definition) is 1. The highest BCUT2D eigenvalue weighted by Crippen LogP contribution is 2.43. The van der Waals surface area contributed by atoms with Gasteiger partial charge in [0.15, 0.2) is 0 Å². The third kappa shape index (κ3) is 3.53. The molecule has 8 nitrogen and oxygen atoms in total. The lowest BCUT2D eigenvalue weighted by molar-refractivity contribution is 0.138. The number of ether oxygens (including phenoxy) is 2. The molecule has 4 rings (SSSR count). The normalized spacial score (nSPS) is 11.0. The molecule has 0 atom stereocenters. The first-order valence-electron chi connectivity index (χ1n) is 10.5. The summed E-state index contributed by atoms with van der Waals surface area (Å²) in [4.78, 5) is 25.3. The average molecular weight is 434 g/mol. The molecule has 8 heteroatoms. The van der Waals surface area contributed by atoms with Crippen LogP contribution in [0.3, 0.4) is 0 Å². The Morgan fingerprint density at radius 2 is 1.53 bits per heavy atom. The summed E-state index contributed by atoms with van der Waals surface area (Å²) in [6.07, 6.45) is 0.589. The molecule has 1 N–H and O–H groups in total. The van der Waals surface area contributed by atoms with Crippen LogP contribution in [0.4, 0.5) is 15.4 Å². The maximum absolute atomic E-state index is 13.0. The van der Waals surface area contributed by atoms with Crippen molar-refractivity contribution in [3.8, 4) is 11.1 Å². The number of carbonyl (C=O) groups excluding carboxylic acids is 2. The van der Waals surface area contributed by atoms with E-state index in [0.29, 0.717) is 5.82 Å². The molecular formula is C24H26N4O4. The lowest BCUT2D eigenvalue weighted by Crippen LogP contribution is -2.48. The molecule has 0 saturated carbocycles. The van der Waals surface area contributed by atoms with E-state index in [0.717, 1.165) is 37.9 Å². The van der Waals surface area contributed by atoms with Crippen LogP contribution in [-0.2, 0) is 23.6 Å². The van der Waals surface area contributed by atoms with Gasteiger partial charge in [0.2, 0.25) is 0 Å². The van der Waals surface area contributed by atoms with Crippen molar-refractivity contribution in [2.75, 3.05) is 18.2 Å². The predicted octanol–water partition coefficient (Wildman–Crippen LogP) is 4.96. The molecule has 2 aromatic carbocycles. The number of amides is 2. The third-order valence-corrected chi connectivity index (χ3v) is 5.38. The highest BCUT2D eigenvalue weighted by molar-refractivity contribution is 6.12. The first kappa shape index (κ1) is 21.3. The molecule has 0 unspecified atom stereocenters. The molecule has 0 radical (unpaired) electrons. The quantitative estimate of drug-likeness (QED) is 0.461. The maximum Gasteiger partial charge on any atom is 0.435 e. The number of aryl methyl sites for hydroxylation is 2. The van der Waals surface area contributed by atoms with Crippen LogP contribution < -0.4 is 10.4 Å². The SMILES string of the molecule is CCOC(=O)NN(C(=O)OCC)c1c(-c2cn(C)c3ccccc23)c2ccccc2n1C. The Morgan fingerprint density at radius 3 is 2.22 bits per heavy atom. The summed E-state index contributed by atoms with van der Waals surface area (Å²) in [5.41, 5.74) is 6.27. The summed E-state index contributed by atoms with van der Waals surface area (Å²) in [5, 5.41) is 3.10. The van der Waals surface area contributed by atoms with Gasteiger partial charge in [0.05, 0.1) is 18.7 Å². The Balaban J connectivity index is 2.02. The van der Waals surface area contributed by atoms with Gasteiger partial charge >= 0.3 is 12.2 Å². The lowest BCUT2D eigenvalue weighted by Gasteiger charge is -2.24. The van der Waals surface area contributed by atoms with Crippen LogP contribution in [0.5, 0.6) is 0 Å². The number of rotatable bonds is 4. The van der Waals surface area contributed by atoms with Crippen LogP contribution >= 0.6 is 0 Å². The number of carbonyl (C=O) groups is 2. The minimum atomic E-state index is -0.741. The number of hydrazine groups is 1. The monoisotopic (exact) mass is 434 g/mol. The molecule has 0 fully saturated rings. The van der Waals surface area contributed by atoms with E-state index in [2.05, 4.69) is 5.43 Å². The van der Waals surface area contributed by atoms with Gasteiger partial charge in [0.1, 0.15) is 5.82 Å². The number of anilines is 1. The fraction of sp³-hybridized carbons (Fsp3) is 0.250. The third-order valence-electron chi connectivity index (χ3n) is 5.38. The molecule has 2 aromatic heterocycles. The number of hydrogen-bond acceptors (Lipinski definition) is 4. The molecule has 2 amide bonds. The summed E-state index contributed by atoms with van der Waals surface area (Å²) in [6.45, 7) is 3.75. The highest BCUT2D eigenvalue weighted by atomic mass is 16.6. The van der Waals surface area contributed by atoms with E-state index in [9.17, 15) is 9.59 Å². The minimum Gasteiger partial charge on any atom is -0.449 e. The van der Waals surface area contributed by atoms with Crippen molar-refractivity contribution in [2.45, 2.75) is 13.8 Å². The second kappa shape index (κ2) is 8.66. The van der Waals surface area contributed by atoms with Crippen LogP contribution in [0.1, 0.15) is 13.8 Å². The summed E-state index contributed by atoms with van der Waals surface area (Å²) >= 11 is 0. The fourth-order valence-electron chi connectivity index (χ4n) is 4.08. The van der Waals surface area contributed by atoms with Crippen molar-refractivity contribution in [3.05, 3.63) is 54.7 Å². The van der Waals surface area contributed by atoms with Gasteiger partial charge in [-0.25, -0.2) is 15.0 Å². The molecule has 0 aliphatic rings. The Labute approximate surface area is 185 Å². The van der Waals surface area contributed by atoms with Gasteiger partial charge < -0.3 is 18.6 Å². The molecule has 0 bridgehead atoms. The van der Waals surface area contributed by atoms with Crippen molar-refractivity contribution >= 4 is 39.8 Å². The largest absolute Gasteiger partial charge is 0.449 e. The predicted molar refractivity (Wildman–Crippen MR) is 124 cm³/mol. The van der Waals surface area contributed by atoms with Crippen molar-refractivity contribution in [1.29, 1.82) is 0 Å². The molecule has 32 heavy (non-hydrogen) atoms. The zero-order valence-corrected chi connectivity index (χ0v) is 18.6. The number of benzene rings is 2. The van der Waals surface area contributed by atoms with Crippen molar-refractivity contribution in [2.24, 2.45) is 14.1 Å². The van der Waals surface area contributed by atoms with E-state index < -0.39 is 12.2 Å². The zero-order valence-electron chi connectivity index (χ0n) is 18.6. The highest BCUT2D eigenvalue weighted by Gasteiger charge is 2.30. The van der Waals surface area contributed by atoms with Crippen LogP contribution in [-0.4, -0.2) is 34.5 Å². The smallest absolute Gasteiger partial charge is 0.435 e. The van der Waals surface area contributed by atoms with E-state index in [4.69, 9.17) is 9.47 Å². The van der Waals surface area contributed by atoms with Crippen molar-refractivity contribution in [3.63, 3.8) is 0 Å². The zero-order chi connectivity index (χ0) is 22.8. The molecule has 0 aliphatic heterocycles. The summed E-state index contributed by atoms with van der Waals surface area (Å²) in [7, 11) is 3.84. The summed E-state index contributed by atoms with van der Waals surface area (Å²) in [5.74, 6) is 0.481. The molecule has 0 saturated heterocycles. The van der Waals surface area contributed by atoms with E-state index in [-0.39, 0.29) is 13.2 Å². The topological polar surface area (TPSA) is 77.7 Å². The number of nitrogens with zero attached hydrogens (tertiary/aromatic N) is 3. The van der Waals surface area contributed by atoms with Gasteiger partial charge in [-0.3, -0.25) is 0 Å². The Bertz CT molecular complexity index is 1300. The second-order valence-corrected chi connectivity index (χ2v) is 7.31. The number of fused-ring (bicyclic) bond motifs is 2. The first-order chi connectivity index (χ1) is 15.5. The summed E-state index contributed by atoms with van der Waals surface area (Å²) < 4.78 is 14.2. The minimum absolute atomic E-state index is 0.160. The molecule has 0 aliphatic carbocycles. The van der Waals surface area contributed by atoms with Crippen LogP contribution in [0, 0.1) is 0 Å². The molecule has 2 heterocycles. The molecule has 4 aromatic rings. The van der Waals surface area contributed by atoms with E-state index >= 15 is 0 Å². The van der Waals surface area contributed by atoms with Gasteiger partial charge in [-0.15, -0.1) is 0 Å². The van der Waals surface area contributed by atoms with Gasteiger partial charge in [-0.2, -0.15) is 5.01 Å². The Kier molecular flexibility index (Phi) is 5.77. The van der Waals surface area contributed by atoms with E-state index in [1.54, 1.807) is 13.8 Å².